The molecule has 1 aliphatic heterocycles. The van der Waals surface area contributed by atoms with E-state index in [1.54, 1.807) is 0 Å². The Bertz CT molecular complexity index is 837. The van der Waals surface area contributed by atoms with E-state index in [1.807, 2.05) is 31.3 Å². The number of hydrogen-bond acceptors (Lipinski definition) is 7. The highest BCUT2D eigenvalue weighted by Gasteiger charge is 2.29. The minimum Gasteiger partial charge on any atom is -0.491 e. The van der Waals surface area contributed by atoms with Gasteiger partial charge in [-0.25, -0.2) is 9.97 Å². The van der Waals surface area contributed by atoms with Gasteiger partial charge < -0.3 is 24.8 Å². The molecule has 1 aromatic heterocycles. The molecule has 1 aliphatic carbocycles. The van der Waals surface area contributed by atoms with Crippen LogP contribution in [0.3, 0.4) is 0 Å². The highest BCUT2D eigenvalue weighted by Crippen LogP contribution is 2.40. The second-order valence-electron chi connectivity index (χ2n) is 8.25. The van der Waals surface area contributed by atoms with Gasteiger partial charge in [0.1, 0.15) is 30.1 Å². The number of rotatable bonds is 9. The molecule has 2 aliphatic rings. The van der Waals surface area contributed by atoms with Crippen LogP contribution in [0.2, 0.25) is 0 Å². The summed E-state index contributed by atoms with van der Waals surface area (Å²) >= 11 is 0. The third-order valence-corrected chi connectivity index (χ3v) is 5.78. The summed E-state index contributed by atoms with van der Waals surface area (Å²) in [5.74, 6) is 3.12. The Morgan fingerprint density at radius 2 is 2.00 bits per heavy atom. The van der Waals surface area contributed by atoms with Gasteiger partial charge in [0.25, 0.3) is 0 Å². The van der Waals surface area contributed by atoms with Crippen LogP contribution in [-0.4, -0.2) is 67.7 Å². The Balaban J connectivity index is 1.57. The number of anilines is 1. The number of nitrogens with zero attached hydrogens (tertiary/aromatic N) is 3. The highest BCUT2D eigenvalue weighted by atomic mass is 16.5. The Morgan fingerprint density at radius 1 is 1.20 bits per heavy atom. The van der Waals surface area contributed by atoms with E-state index < -0.39 is 6.10 Å². The summed E-state index contributed by atoms with van der Waals surface area (Å²) in [6.45, 7) is 2.36. The number of ether oxygens (including phenoxy) is 2. The number of nitrogens with one attached hydrogen (secondary N) is 1. The van der Waals surface area contributed by atoms with Crippen LogP contribution >= 0.6 is 0 Å². The van der Waals surface area contributed by atoms with Gasteiger partial charge in [0, 0.05) is 50.4 Å². The van der Waals surface area contributed by atoms with E-state index in [9.17, 15) is 5.11 Å². The molecule has 1 atom stereocenters. The molecule has 162 valence electrons. The number of likely N-dealkylation sites (N-methyl/N-ethyl adjacent to an activating group) is 1. The predicted octanol–water partition coefficient (Wildman–Crippen LogP) is 2.60. The third-order valence-electron chi connectivity index (χ3n) is 5.78. The molecule has 0 radical (unpaired) electrons. The van der Waals surface area contributed by atoms with Crippen molar-refractivity contribution in [2.45, 2.75) is 43.7 Å². The summed E-state index contributed by atoms with van der Waals surface area (Å²) in [4.78, 5) is 12.1. The fraction of sp³-hybridized carbons (Fsp3) is 0.565. The van der Waals surface area contributed by atoms with Crippen LogP contribution in [0.15, 0.2) is 30.3 Å². The second kappa shape index (κ2) is 9.73. The van der Waals surface area contributed by atoms with Crippen molar-refractivity contribution < 1.29 is 14.6 Å². The van der Waals surface area contributed by atoms with Crippen molar-refractivity contribution in [1.29, 1.82) is 0 Å². The summed E-state index contributed by atoms with van der Waals surface area (Å²) in [5.41, 5.74) is 1.92. The van der Waals surface area contributed by atoms with Crippen molar-refractivity contribution >= 4 is 5.82 Å². The molecule has 0 amide bonds. The largest absolute Gasteiger partial charge is 0.491 e. The van der Waals surface area contributed by atoms with Gasteiger partial charge in [0.05, 0.1) is 5.69 Å². The molecule has 1 saturated heterocycles. The molecular formula is C23H32N4O3. The molecule has 4 rings (SSSR count). The van der Waals surface area contributed by atoms with Gasteiger partial charge in [-0.3, -0.25) is 0 Å². The summed E-state index contributed by atoms with van der Waals surface area (Å²) in [6, 6.07) is 10.4. The van der Waals surface area contributed by atoms with Gasteiger partial charge in [-0.1, -0.05) is 12.1 Å². The van der Waals surface area contributed by atoms with Crippen molar-refractivity contribution in [3.05, 3.63) is 36.2 Å². The third kappa shape index (κ3) is 5.28. The molecule has 7 nitrogen and oxygen atoms in total. The number of aromatic nitrogens is 2. The zero-order valence-electron chi connectivity index (χ0n) is 17.9. The van der Waals surface area contributed by atoms with E-state index in [1.165, 1.54) is 0 Å². The summed E-state index contributed by atoms with van der Waals surface area (Å²) < 4.78 is 11.3. The van der Waals surface area contributed by atoms with Gasteiger partial charge >= 0.3 is 0 Å². The minimum atomic E-state index is -0.543. The average Bonchev–Trinajstić information content (AvgIpc) is 3.63. The lowest BCUT2D eigenvalue weighted by molar-refractivity contribution is 0.0853. The number of benzene rings is 1. The van der Waals surface area contributed by atoms with Gasteiger partial charge in [-0.05, 0) is 44.9 Å². The van der Waals surface area contributed by atoms with Crippen LogP contribution in [0.1, 0.15) is 37.4 Å². The van der Waals surface area contributed by atoms with Crippen LogP contribution < -0.4 is 15.0 Å². The molecule has 0 bridgehead atoms. The van der Waals surface area contributed by atoms with Crippen LogP contribution in [-0.2, 0) is 4.74 Å². The molecule has 1 unspecified atom stereocenters. The standard InChI is InChI=1S/C23H32N4O3/c1-24-14-19(28)15-30-20-5-3-4-17(12-20)21-13-22(26-23(25-21)16-6-7-16)27(2)18-8-10-29-11-9-18/h3-5,12-13,16,18-19,24,28H,6-11,14-15H2,1-2H3. The van der Waals surface area contributed by atoms with Gasteiger partial charge in [-0.2, -0.15) is 0 Å². The minimum absolute atomic E-state index is 0.249. The van der Waals surface area contributed by atoms with Crippen molar-refractivity contribution in [3.8, 4) is 17.0 Å². The lowest BCUT2D eigenvalue weighted by atomic mass is 10.1. The van der Waals surface area contributed by atoms with E-state index in [2.05, 4.69) is 23.3 Å². The van der Waals surface area contributed by atoms with Crippen LogP contribution in [0.25, 0.3) is 11.3 Å². The molecule has 1 aromatic carbocycles. The van der Waals surface area contributed by atoms with Crippen molar-refractivity contribution in [1.82, 2.24) is 15.3 Å². The van der Waals surface area contributed by atoms with Crippen molar-refractivity contribution in [2.75, 3.05) is 45.4 Å². The van der Waals surface area contributed by atoms with Crippen LogP contribution in [0, 0.1) is 0 Å². The molecule has 2 aromatic rings. The molecule has 1 saturated carbocycles. The zero-order chi connectivity index (χ0) is 20.9. The van der Waals surface area contributed by atoms with Crippen molar-refractivity contribution in [3.63, 3.8) is 0 Å². The van der Waals surface area contributed by atoms with Gasteiger partial charge in [-0.15, -0.1) is 0 Å². The zero-order valence-corrected chi connectivity index (χ0v) is 17.9. The Hall–Kier alpha value is -2.22. The maximum Gasteiger partial charge on any atom is 0.134 e. The maximum atomic E-state index is 9.90. The molecule has 2 N–H and O–H groups in total. The first-order chi connectivity index (χ1) is 14.6. The predicted molar refractivity (Wildman–Crippen MR) is 117 cm³/mol. The first kappa shape index (κ1) is 21.0. The van der Waals surface area contributed by atoms with Crippen LogP contribution in [0.4, 0.5) is 5.82 Å². The lowest BCUT2D eigenvalue weighted by Gasteiger charge is -2.32. The monoisotopic (exact) mass is 412 g/mol. The van der Waals surface area contributed by atoms with E-state index in [0.717, 1.165) is 67.5 Å². The second-order valence-corrected chi connectivity index (χ2v) is 8.25. The van der Waals surface area contributed by atoms with Gasteiger partial charge in [0.15, 0.2) is 0 Å². The molecule has 7 heteroatoms. The number of aliphatic hydroxyl groups excluding tert-OH is 1. The lowest BCUT2D eigenvalue weighted by Crippen LogP contribution is -2.37. The smallest absolute Gasteiger partial charge is 0.134 e. The number of hydrogen-bond donors (Lipinski definition) is 2. The SMILES string of the molecule is CNCC(O)COc1cccc(-c2cc(N(C)C3CCOCC3)nc(C3CC3)n2)c1. The molecule has 2 heterocycles. The van der Waals surface area contributed by atoms with Crippen LogP contribution in [0.5, 0.6) is 5.75 Å². The summed E-state index contributed by atoms with van der Waals surface area (Å²) in [5, 5.41) is 12.8. The Labute approximate surface area is 178 Å². The van der Waals surface area contributed by atoms with E-state index in [0.29, 0.717) is 18.5 Å². The fourth-order valence-corrected chi connectivity index (χ4v) is 3.80. The maximum absolute atomic E-state index is 9.90. The van der Waals surface area contributed by atoms with E-state index in [-0.39, 0.29) is 6.61 Å². The van der Waals surface area contributed by atoms with E-state index >= 15 is 0 Å². The normalized spacial score (nSPS) is 18.2. The fourth-order valence-electron chi connectivity index (χ4n) is 3.80. The topological polar surface area (TPSA) is 79.7 Å². The first-order valence-electron chi connectivity index (χ1n) is 10.9. The number of aliphatic hydroxyl groups is 1. The summed E-state index contributed by atoms with van der Waals surface area (Å²) in [6.07, 6.45) is 3.82. The molecule has 30 heavy (non-hydrogen) atoms. The average molecular weight is 413 g/mol. The molecule has 0 spiro atoms. The Morgan fingerprint density at radius 3 is 2.73 bits per heavy atom. The van der Waals surface area contributed by atoms with Crippen molar-refractivity contribution in [2.24, 2.45) is 0 Å². The van der Waals surface area contributed by atoms with E-state index in [4.69, 9.17) is 19.4 Å². The molecule has 2 fully saturated rings. The first-order valence-corrected chi connectivity index (χ1v) is 10.9. The quantitative estimate of drug-likeness (QED) is 0.655. The summed E-state index contributed by atoms with van der Waals surface area (Å²) in [7, 11) is 3.94. The van der Waals surface area contributed by atoms with Gasteiger partial charge in [0.2, 0.25) is 0 Å². The molecular weight excluding hydrogens is 380 g/mol. The Kier molecular flexibility index (Phi) is 6.82. The highest BCUT2D eigenvalue weighted by molar-refractivity contribution is 5.65.